The van der Waals surface area contributed by atoms with Crippen molar-refractivity contribution in [3.05, 3.63) is 28.2 Å². The van der Waals surface area contributed by atoms with Gasteiger partial charge in [0, 0.05) is 30.3 Å². The Morgan fingerprint density at radius 2 is 2.00 bits per heavy atom. The van der Waals surface area contributed by atoms with Crippen LogP contribution < -0.4 is 9.62 Å². The molecule has 1 heterocycles. The van der Waals surface area contributed by atoms with Gasteiger partial charge in [-0.1, -0.05) is 22.0 Å². The maximum absolute atomic E-state index is 12.3. The third-order valence-corrected chi connectivity index (χ3v) is 5.85. The fraction of sp³-hybridized carbons (Fsp3) is 0.571. The van der Waals surface area contributed by atoms with Crippen LogP contribution in [-0.2, 0) is 10.0 Å². The molecule has 1 aromatic rings. The Balaban J connectivity index is 1.88. The monoisotopic (exact) mass is 361 g/mol. The maximum atomic E-state index is 12.3. The molecule has 0 radical (unpaired) electrons. The number of hydrogen-bond acceptors (Lipinski definition) is 2. The van der Waals surface area contributed by atoms with Crippen molar-refractivity contribution in [3.63, 3.8) is 0 Å². The Morgan fingerprint density at radius 3 is 2.70 bits per heavy atom. The predicted molar refractivity (Wildman–Crippen MR) is 83.5 cm³/mol. The van der Waals surface area contributed by atoms with Gasteiger partial charge in [0.1, 0.15) is 0 Å². The van der Waals surface area contributed by atoms with Crippen LogP contribution in [0.25, 0.3) is 0 Å². The van der Waals surface area contributed by atoms with E-state index in [1.807, 2.05) is 19.1 Å². The molecular weight excluding hydrogens is 340 g/mol. The number of quaternary nitrogens is 1. The second-order valence-corrected chi connectivity index (χ2v) is 8.02. The highest BCUT2D eigenvalue weighted by atomic mass is 79.9. The van der Waals surface area contributed by atoms with E-state index in [1.54, 1.807) is 11.0 Å². The van der Waals surface area contributed by atoms with Crippen LogP contribution in [0.5, 0.6) is 0 Å². The Morgan fingerprint density at radius 1 is 1.30 bits per heavy atom. The van der Waals surface area contributed by atoms with E-state index < -0.39 is 10.0 Å². The van der Waals surface area contributed by atoms with Gasteiger partial charge in [0.2, 0.25) is 10.0 Å². The van der Waals surface area contributed by atoms with Crippen LogP contribution in [0.3, 0.4) is 0 Å². The van der Waals surface area contributed by atoms with Crippen molar-refractivity contribution in [1.82, 2.24) is 4.72 Å². The predicted octanol–water partition coefficient (Wildman–Crippen LogP) is 1.10. The molecule has 0 aromatic heterocycles. The minimum atomic E-state index is -3.40. The molecule has 1 aliphatic rings. The summed E-state index contributed by atoms with van der Waals surface area (Å²) in [5, 5.41) is 0. The van der Waals surface area contributed by atoms with Gasteiger partial charge in [0.15, 0.2) is 0 Å². The van der Waals surface area contributed by atoms with Gasteiger partial charge in [-0.3, -0.25) is 0 Å². The normalized spacial score (nSPS) is 16.7. The SMILES string of the molecule is Cc1ccc(Br)cc1S(=O)(=O)NCCC[NH+]1CCCC1. The van der Waals surface area contributed by atoms with E-state index in [-0.39, 0.29) is 0 Å². The van der Waals surface area contributed by atoms with E-state index in [4.69, 9.17) is 0 Å². The van der Waals surface area contributed by atoms with Crippen molar-refractivity contribution >= 4 is 26.0 Å². The highest BCUT2D eigenvalue weighted by molar-refractivity contribution is 9.10. The molecule has 1 saturated heterocycles. The minimum Gasteiger partial charge on any atom is -0.335 e. The summed E-state index contributed by atoms with van der Waals surface area (Å²) >= 11 is 3.32. The molecule has 6 heteroatoms. The third kappa shape index (κ3) is 4.28. The van der Waals surface area contributed by atoms with Crippen LogP contribution in [0.2, 0.25) is 0 Å². The van der Waals surface area contributed by atoms with Gasteiger partial charge in [-0.2, -0.15) is 0 Å². The van der Waals surface area contributed by atoms with E-state index in [9.17, 15) is 8.42 Å². The highest BCUT2D eigenvalue weighted by Gasteiger charge is 2.18. The zero-order valence-corrected chi connectivity index (χ0v) is 14.2. The van der Waals surface area contributed by atoms with Gasteiger partial charge >= 0.3 is 0 Å². The molecule has 20 heavy (non-hydrogen) atoms. The Labute approximate surface area is 129 Å². The van der Waals surface area contributed by atoms with Gasteiger partial charge in [-0.15, -0.1) is 0 Å². The van der Waals surface area contributed by atoms with Crippen LogP contribution in [0.15, 0.2) is 27.6 Å². The summed E-state index contributed by atoms with van der Waals surface area (Å²) in [4.78, 5) is 1.96. The minimum absolute atomic E-state index is 0.361. The lowest BCUT2D eigenvalue weighted by Crippen LogP contribution is -3.10. The first-order valence-corrected chi connectivity index (χ1v) is 9.36. The fourth-order valence-electron chi connectivity index (χ4n) is 2.61. The smallest absolute Gasteiger partial charge is 0.240 e. The van der Waals surface area contributed by atoms with Gasteiger partial charge in [0.25, 0.3) is 0 Å². The van der Waals surface area contributed by atoms with E-state index in [1.165, 1.54) is 25.9 Å². The quantitative estimate of drug-likeness (QED) is 0.745. The van der Waals surface area contributed by atoms with Crippen molar-refractivity contribution in [2.75, 3.05) is 26.2 Å². The van der Waals surface area contributed by atoms with Crippen molar-refractivity contribution < 1.29 is 13.3 Å². The lowest BCUT2D eigenvalue weighted by Gasteiger charge is -2.13. The molecule has 0 unspecified atom stereocenters. The maximum Gasteiger partial charge on any atom is 0.240 e. The second kappa shape index (κ2) is 7.02. The van der Waals surface area contributed by atoms with Crippen molar-refractivity contribution in [1.29, 1.82) is 0 Å². The molecule has 0 atom stereocenters. The lowest BCUT2D eigenvalue weighted by molar-refractivity contribution is -0.887. The van der Waals surface area contributed by atoms with Crippen LogP contribution in [0.1, 0.15) is 24.8 Å². The second-order valence-electron chi connectivity index (χ2n) is 5.37. The average Bonchev–Trinajstić information content (AvgIpc) is 2.90. The first-order valence-electron chi connectivity index (χ1n) is 7.08. The summed E-state index contributed by atoms with van der Waals surface area (Å²) in [6.45, 7) is 5.85. The standard InChI is InChI=1S/C14H21BrN2O2S/c1-12-5-6-13(15)11-14(12)20(18,19)16-7-4-10-17-8-2-3-9-17/h5-6,11,16H,2-4,7-10H2,1H3/p+1. The van der Waals surface area contributed by atoms with Gasteiger partial charge in [-0.25, -0.2) is 13.1 Å². The first-order chi connectivity index (χ1) is 9.49. The van der Waals surface area contributed by atoms with E-state index in [0.29, 0.717) is 11.4 Å². The van der Waals surface area contributed by atoms with Crippen LogP contribution in [-0.4, -0.2) is 34.6 Å². The Bertz CT molecular complexity index is 554. The molecule has 1 aromatic carbocycles. The number of hydrogen-bond donors (Lipinski definition) is 2. The molecule has 2 N–H and O–H groups in total. The molecule has 0 spiro atoms. The Kier molecular flexibility index (Phi) is 5.60. The van der Waals surface area contributed by atoms with Crippen LogP contribution >= 0.6 is 15.9 Å². The molecule has 2 rings (SSSR count). The lowest BCUT2D eigenvalue weighted by atomic mass is 10.2. The number of sulfonamides is 1. The summed E-state index contributed by atoms with van der Waals surface area (Å²) in [6, 6.07) is 5.32. The summed E-state index contributed by atoms with van der Waals surface area (Å²) in [6.07, 6.45) is 3.50. The van der Waals surface area contributed by atoms with E-state index in [2.05, 4.69) is 20.7 Å². The number of aryl methyl sites for hydroxylation is 1. The molecule has 0 saturated carbocycles. The molecule has 1 fully saturated rings. The van der Waals surface area contributed by atoms with Crippen LogP contribution in [0.4, 0.5) is 0 Å². The zero-order chi connectivity index (χ0) is 14.6. The summed E-state index contributed by atoms with van der Waals surface area (Å²) < 4.78 is 28.0. The van der Waals surface area contributed by atoms with Gasteiger partial charge in [-0.05, 0) is 24.6 Å². The largest absolute Gasteiger partial charge is 0.335 e. The molecular formula is C14H22BrN2O2S+. The summed E-state index contributed by atoms with van der Waals surface area (Å²) in [7, 11) is -3.40. The van der Waals surface area contributed by atoms with Crippen molar-refractivity contribution in [2.24, 2.45) is 0 Å². The van der Waals surface area contributed by atoms with E-state index >= 15 is 0 Å². The van der Waals surface area contributed by atoms with Crippen molar-refractivity contribution in [2.45, 2.75) is 31.1 Å². The highest BCUT2D eigenvalue weighted by Crippen LogP contribution is 2.20. The topological polar surface area (TPSA) is 50.6 Å². The molecule has 0 aliphatic carbocycles. The molecule has 0 bridgehead atoms. The number of likely N-dealkylation sites (tertiary alicyclic amines) is 1. The first kappa shape index (κ1) is 15.9. The number of halogens is 1. The molecule has 112 valence electrons. The molecule has 0 amide bonds. The van der Waals surface area contributed by atoms with Gasteiger partial charge in [0.05, 0.1) is 24.5 Å². The van der Waals surface area contributed by atoms with Crippen molar-refractivity contribution in [3.8, 4) is 0 Å². The third-order valence-electron chi connectivity index (χ3n) is 3.75. The summed E-state index contributed by atoms with van der Waals surface area (Å²) in [5.41, 5.74) is 0.769. The average molecular weight is 362 g/mol. The number of benzene rings is 1. The number of rotatable bonds is 6. The molecule has 1 aliphatic heterocycles. The Hall–Kier alpha value is -0.430. The summed E-state index contributed by atoms with van der Waals surface area (Å²) in [5.74, 6) is 0. The zero-order valence-electron chi connectivity index (χ0n) is 11.8. The molecule has 4 nitrogen and oxygen atoms in total. The van der Waals surface area contributed by atoms with Gasteiger partial charge < -0.3 is 4.90 Å². The van der Waals surface area contributed by atoms with E-state index in [0.717, 1.165) is 23.0 Å². The van der Waals surface area contributed by atoms with Crippen LogP contribution in [0, 0.1) is 6.92 Å². The number of nitrogens with one attached hydrogen (secondary N) is 2. The fourth-order valence-corrected chi connectivity index (χ4v) is 4.47.